The molecule has 6 heteroatoms. The molecule has 1 amide bonds. The first-order valence-corrected chi connectivity index (χ1v) is 9.51. The van der Waals surface area contributed by atoms with E-state index in [1.54, 1.807) is 6.07 Å². The lowest BCUT2D eigenvalue weighted by Crippen LogP contribution is -2.23. The number of rotatable bonds is 6. The average molecular weight is 426 g/mol. The van der Waals surface area contributed by atoms with Crippen LogP contribution in [0.15, 0.2) is 69.9 Å². The monoisotopic (exact) mass is 425 g/mol. The average Bonchev–Trinajstić information content (AvgIpc) is 2.64. The molecule has 0 atom stereocenters. The predicted octanol–water partition coefficient (Wildman–Crippen LogP) is 4.40. The number of nitrogens with zero attached hydrogens (tertiary/aromatic N) is 2. The normalized spacial score (nSPS) is 10.6. The summed E-state index contributed by atoms with van der Waals surface area (Å²) in [6.45, 7) is 2.37. The lowest BCUT2D eigenvalue weighted by atomic mass is 10.1. The molecule has 2 aromatic carbocycles. The zero-order valence-electron chi connectivity index (χ0n) is 15.0. The van der Waals surface area contributed by atoms with Crippen molar-refractivity contribution in [3.63, 3.8) is 0 Å². The highest BCUT2D eigenvalue weighted by molar-refractivity contribution is 9.10. The van der Waals surface area contributed by atoms with E-state index in [0.29, 0.717) is 19.4 Å². The topological polar surface area (TPSA) is 64.0 Å². The first kappa shape index (κ1) is 19.0. The van der Waals surface area contributed by atoms with Crippen molar-refractivity contribution in [3.05, 3.63) is 81.1 Å². The van der Waals surface area contributed by atoms with Crippen molar-refractivity contribution in [2.45, 2.75) is 26.3 Å². The van der Waals surface area contributed by atoms with Gasteiger partial charge in [-0.15, -0.1) is 0 Å². The Labute approximate surface area is 166 Å². The molecule has 138 valence electrons. The molecule has 3 rings (SSSR count). The van der Waals surface area contributed by atoms with E-state index >= 15 is 0 Å². The molecule has 0 aliphatic carbocycles. The number of nitrogens with one attached hydrogen (secondary N) is 1. The van der Waals surface area contributed by atoms with Gasteiger partial charge < -0.3 is 5.32 Å². The minimum absolute atomic E-state index is 0.0716. The Morgan fingerprint density at radius 3 is 2.63 bits per heavy atom. The third-order valence-electron chi connectivity index (χ3n) is 4.08. The van der Waals surface area contributed by atoms with Crippen LogP contribution in [0.4, 0.5) is 5.69 Å². The number of hydrogen-bond donors (Lipinski definition) is 1. The van der Waals surface area contributed by atoms with E-state index in [4.69, 9.17) is 0 Å². The van der Waals surface area contributed by atoms with E-state index < -0.39 is 0 Å². The minimum Gasteiger partial charge on any atom is -0.326 e. The molecule has 0 saturated carbocycles. The highest BCUT2D eigenvalue weighted by atomic mass is 79.9. The fourth-order valence-corrected chi connectivity index (χ4v) is 2.98. The molecule has 1 N–H and O–H groups in total. The summed E-state index contributed by atoms with van der Waals surface area (Å²) >= 11 is 3.41. The van der Waals surface area contributed by atoms with Gasteiger partial charge >= 0.3 is 0 Å². The second-order valence-electron chi connectivity index (χ2n) is 6.31. The molecule has 0 bridgehead atoms. The SMILES string of the molecule is Cc1cccc(NC(=O)CCCn2nc(-c3ccc(Br)cc3)ccc2=O)c1. The van der Waals surface area contributed by atoms with Gasteiger partial charge in [-0.1, -0.05) is 40.2 Å². The highest BCUT2D eigenvalue weighted by Crippen LogP contribution is 2.18. The fourth-order valence-electron chi connectivity index (χ4n) is 2.72. The van der Waals surface area contributed by atoms with Gasteiger partial charge in [0.1, 0.15) is 0 Å². The smallest absolute Gasteiger partial charge is 0.266 e. The van der Waals surface area contributed by atoms with E-state index in [2.05, 4.69) is 26.3 Å². The van der Waals surface area contributed by atoms with Crippen molar-refractivity contribution in [3.8, 4) is 11.3 Å². The molecule has 3 aromatic rings. The summed E-state index contributed by atoms with van der Waals surface area (Å²) in [5.74, 6) is -0.0716. The Kier molecular flexibility index (Phi) is 6.19. The molecule has 0 radical (unpaired) electrons. The molecule has 27 heavy (non-hydrogen) atoms. The second kappa shape index (κ2) is 8.77. The number of carbonyl (C=O) groups is 1. The number of amides is 1. The van der Waals surface area contributed by atoms with Crippen LogP contribution >= 0.6 is 15.9 Å². The van der Waals surface area contributed by atoms with E-state index in [1.165, 1.54) is 10.7 Å². The van der Waals surface area contributed by atoms with Gasteiger partial charge in [-0.3, -0.25) is 9.59 Å². The van der Waals surface area contributed by atoms with Gasteiger partial charge in [-0.2, -0.15) is 5.10 Å². The Morgan fingerprint density at radius 2 is 1.89 bits per heavy atom. The van der Waals surface area contributed by atoms with Crippen molar-refractivity contribution in [1.29, 1.82) is 0 Å². The van der Waals surface area contributed by atoms with Gasteiger partial charge in [0.05, 0.1) is 5.69 Å². The Hall–Kier alpha value is -2.73. The van der Waals surface area contributed by atoms with Crippen LogP contribution in [0.2, 0.25) is 0 Å². The molecular formula is C21H20BrN3O2. The Bertz CT molecular complexity index is 997. The van der Waals surface area contributed by atoms with Crippen molar-refractivity contribution < 1.29 is 4.79 Å². The Morgan fingerprint density at radius 1 is 1.11 bits per heavy atom. The second-order valence-corrected chi connectivity index (χ2v) is 7.22. The summed E-state index contributed by atoms with van der Waals surface area (Å²) in [4.78, 5) is 24.1. The number of halogens is 1. The number of aryl methyl sites for hydroxylation is 2. The standard InChI is InChI=1S/C21H20BrN3O2/c1-15-4-2-5-18(14-15)23-20(26)6-3-13-25-21(27)12-11-19(24-25)16-7-9-17(22)10-8-16/h2,4-5,7-12,14H,3,6,13H2,1H3,(H,23,26). The predicted molar refractivity (Wildman–Crippen MR) is 111 cm³/mol. The zero-order chi connectivity index (χ0) is 19.2. The number of benzene rings is 2. The van der Waals surface area contributed by atoms with Gasteiger partial charge in [0.25, 0.3) is 5.56 Å². The van der Waals surface area contributed by atoms with E-state index in [0.717, 1.165) is 27.0 Å². The summed E-state index contributed by atoms with van der Waals surface area (Å²) in [7, 11) is 0. The molecule has 0 spiro atoms. The van der Waals surface area contributed by atoms with Crippen molar-refractivity contribution in [2.75, 3.05) is 5.32 Å². The first-order chi connectivity index (χ1) is 13.0. The maximum Gasteiger partial charge on any atom is 0.266 e. The van der Waals surface area contributed by atoms with Gasteiger partial charge in [0, 0.05) is 34.8 Å². The maximum atomic E-state index is 12.1. The molecule has 1 aromatic heterocycles. The van der Waals surface area contributed by atoms with Crippen LogP contribution in [-0.2, 0) is 11.3 Å². The molecule has 0 aliphatic heterocycles. The van der Waals surface area contributed by atoms with Gasteiger partial charge in [-0.25, -0.2) is 4.68 Å². The molecule has 0 fully saturated rings. The summed E-state index contributed by atoms with van der Waals surface area (Å²) in [5, 5.41) is 7.30. The third-order valence-corrected chi connectivity index (χ3v) is 4.61. The lowest BCUT2D eigenvalue weighted by Gasteiger charge is -2.08. The van der Waals surface area contributed by atoms with Crippen molar-refractivity contribution >= 4 is 27.5 Å². The van der Waals surface area contributed by atoms with E-state index in [1.807, 2.05) is 55.5 Å². The van der Waals surface area contributed by atoms with Crippen molar-refractivity contribution in [1.82, 2.24) is 9.78 Å². The van der Waals surface area contributed by atoms with Gasteiger partial charge in [-0.05, 0) is 49.2 Å². The van der Waals surface area contributed by atoms with Crippen molar-refractivity contribution in [2.24, 2.45) is 0 Å². The maximum absolute atomic E-state index is 12.1. The zero-order valence-corrected chi connectivity index (χ0v) is 16.6. The number of carbonyl (C=O) groups excluding carboxylic acids is 1. The molecular weight excluding hydrogens is 406 g/mol. The van der Waals surface area contributed by atoms with E-state index in [-0.39, 0.29) is 11.5 Å². The molecule has 0 aliphatic rings. The summed E-state index contributed by atoms with van der Waals surface area (Å²) in [6.07, 6.45) is 0.860. The van der Waals surface area contributed by atoms with Crippen LogP contribution in [-0.4, -0.2) is 15.7 Å². The number of aromatic nitrogens is 2. The summed E-state index contributed by atoms with van der Waals surface area (Å²) < 4.78 is 2.40. The lowest BCUT2D eigenvalue weighted by molar-refractivity contribution is -0.116. The van der Waals surface area contributed by atoms with Crippen LogP contribution in [0.1, 0.15) is 18.4 Å². The summed E-state index contributed by atoms with van der Waals surface area (Å²) in [6, 6.07) is 18.6. The third kappa shape index (κ3) is 5.37. The molecule has 0 unspecified atom stereocenters. The number of hydrogen-bond acceptors (Lipinski definition) is 3. The molecule has 5 nitrogen and oxygen atoms in total. The van der Waals surface area contributed by atoms with Crippen LogP contribution < -0.4 is 10.9 Å². The molecule has 1 heterocycles. The Balaban J connectivity index is 1.60. The first-order valence-electron chi connectivity index (χ1n) is 8.72. The van der Waals surface area contributed by atoms with Crippen LogP contribution in [0.5, 0.6) is 0 Å². The molecule has 0 saturated heterocycles. The van der Waals surface area contributed by atoms with E-state index in [9.17, 15) is 9.59 Å². The quantitative estimate of drug-likeness (QED) is 0.636. The van der Waals surface area contributed by atoms with Crippen LogP contribution in [0.3, 0.4) is 0 Å². The minimum atomic E-state index is -0.171. The number of anilines is 1. The van der Waals surface area contributed by atoms with Crippen LogP contribution in [0, 0.1) is 6.92 Å². The fraction of sp³-hybridized carbons (Fsp3) is 0.190. The largest absolute Gasteiger partial charge is 0.326 e. The summed E-state index contributed by atoms with van der Waals surface area (Å²) in [5.41, 5.74) is 3.37. The highest BCUT2D eigenvalue weighted by Gasteiger charge is 2.06. The van der Waals surface area contributed by atoms with Gasteiger partial charge in [0.15, 0.2) is 0 Å². The van der Waals surface area contributed by atoms with Crippen LogP contribution in [0.25, 0.3) is 11.3 Å². The van der Waals surface area contributed by atoms with Gasteiger partial charge in [0.2, 0.25) is 5.91 Å².